The number of thiazole rings is 3. The topological polar surface area (TPSA) is 88.1 Å². The molecule has 0 aliphatic carbocycles. The van der Waals surface area contributed by atoms with E-state index in [1.54, 1.807) is 11.4 Å². The van der Waals surface area contributed by atoms with E-state index < -0.39 is 0 Å². The third-order valence-electron chi connectivity index (χ3n) is 5.55. The van der Waals surface area contributed by atoms with Gasteiger partial charge < -0.3 is 4.90 Å². The summed E-state index contributed by atoms with van der Waals surface area (Å²) in [6, 6.07) is 4.34. The first kappa shape index (κ1) is 22.1. The number of aromatic nitrogens is 3. The number of nitrogens with zero attached hydrogens (tertiary/aromatic N) is 4. The van der Waals surface area contributed by atoms with Gasteiger partial charge in [0.15, 0.2) is 5.13 Å². The second-order valence-corrected chi connectivity index (χ2v) is 11.0. The molecule has 33 heavy (non-hydrogen) atoms. The lowest BCUT2D eigenvalue weighted by molar-refractivity contribution is 0.0717. The average molecular weight is 502 g/mol. The molecule has 5 rings (SSSR count). The van der Waals surface area contributed by atoms with E-state index in [0.717, 1.165) is 33.4 Å². The van der Waals surface area contributed by atoms with Gasteiger partial charge in [0.25, 0.3) is 11.8 Å². The Balaban J connectivity index is 1.21. The quantitative estimate of drug-likeness (QED) is 0.413. The van der Waals surface area contributed by atoms with Gasteiger partial charge in [-0.05, 0) is 44.9 Å². The smallest absolute Gasteiger partial charge is 0.276 e. The molecule has 4 aromatic rings. The van der Waals surface area contributed by atoms with Crippen LogP contribution in [-0.4, -0.2) is 44.8 Å². The standard InChI is InChI=1S/C22H20FN5O2S3/c1-11-18(32-12(2)24-11)21(30)28-7-5-13(6-8-28)20-25-16(10-31-20)19(29)27-22-26-15-4-3-14(23)9-17(15)33-22/h3-4,9-10,13H,5-8H2,1-2H3,(H,26,27,29). The molecule has 7 nitrogen and oxygen atoms in total. The zero-order valence-electron chi connectivity index (χ0n) is 17.9. The van der Waals surface area contributed by atoms with Crippen LogP contribution in [-0.2, 0) is 0 Å². The molecule has 0 radical (unpaired) electrons. The summed E-state index contributed by atoms with van der Waals surface area (Å²) < 4.78 is 14.1. The normalized spacial score (nSPS) is 14.7. The lowest BCUT2D eigenvalue weighted by atomic mass is 9.97. The molecular weight excluding hydrogens is 481 g/mol. The molecule has 3 aromatic heterocycles. The van der Waals surface area contributed by atoms with Crippen molar-refractivity contribution in [1.29, 1.82) is 0 Å². The van der Waals surface area contributed by atoms with E-state index in [4.69, 9.17) is 0 Å². The van der Waals surface area contributed by atoms with Crippen LogP contribution in [0.15, 0.2) is 23.6 Å². The minimum Gasteiger partial charge on any atom is -0.338 e. The number of amides is 2. The molecule has 1 aromatic carbocycles. The Morgan fingerprint density at radius 1 is 1.12 bits per heavy atom. The van der Waals surface area contributed by atoms with E-state index in [2.05, 4.69) is 20.3 Å². The van der Waals surface area contributed by atoms with Crippen LogP contribution in [0.2, 0.25) is 0 Å². The maximum atomic E-state index is 13.4. The number of hydrogen-bond acceptors (Lipinski definition) is 8. The lowest BCUT2D eigenvalue weighted by Gasteiger charge is -2.30. The number of nitrogens with one attached hydrogen (secondary N) is 1. The van der Waals surface area contributed by atoms with Crippen LogP contribution in [0.5, 0.6) is 0 Å². The number of piperidine rings is 1. The van der Waals surface area contributed by atoms with E-state index in [-0.39, 0.29) is 23.5 Å². The molecule has 0 spiro atoms. The summed E-state index contributed by atoms with van der Waals surface area (Å²) in [4.78, 5) is 41.3. The van der Waals surface area contributed by atoms with Gasteiger partial charge in [0.2, 0.25) is 0 Å². The van der Waals surface area contributed by atoms with Crippen molar-refractivity contribution in [3.8, 4) is 0 Å². The van der Waals surface area contributed by atoms with E-state index in [1.807, 2.05) is 18.7 Å². The summed E-state index contributed by atoms with van der Waals surface area (Å²) in [5.74, 6) is -0.402. The summed E-state index contributed by atoms with van der Waals surface area (Å²) in [7, 11) is 0. The molecule has 1 fully saturated rings. The maximum Gasteiger partial charge on any atom is 0.276 e. The number of fused-ring (bicyclic) bond motifs is 1. The van der Waals surface area contributed by atoms with Crippen molar-refractivity contribution in [1.82, 2.24) is 19.9 Å². The largest absolute Gasteiger partial charge is 0.338 e. The Bertz CT molecular complexity index is 1350. The SMILES string of the molecule is Cc1nc(C)c(C(=O)N2CCC(c3nc(C(=O)Nc4nc5ccc(F)cc5s4)cs3)CC2)s1. The Labute approximate surface area is 201 Å². The van der Waals surface area contributed by atoms with Crippen molar-refractivity contribution in [2.24, 2.45) is 0 Å². The van der Waals surface area contributed by atoms with Crippen LogP contribution < -0.4 is 5.32 Å². The zero-order valence-corrected chi connectivity index (χ0v) is 20.4. The number of carbonyl (C=O) groups is 2. The number of hydrogen-bond donors (Lipinski definition) is 1. The number of halogens is 1. The van der Waals surface area contributed by atoms with Gasteiger partial charge in [0, 0.05) is 24.4 Å². The van der Waals surface area contributed by atoms with Crippen molar-refractivity contribution in [2.75, 3.05) is 18.4 Å². The Hall–Kier alpha value is -2.76. The molecule has 4 heterocycles. The van der Waals surface area contributed by atoms with Gasteiger partial charge >= 0.3 is 0 Å². The summed E-state index contributed by atoms with van der Waals surface area (Å²) >= 11 is 4.13. The molecule has 170 valence electrons. The van der Waals surface area contributed by atoms with Gasteiger partial charge in [0.05, 0.1) is 25.9 Å². The molecule has 11 heteroatoms. The van der Waals surface area contributed by atoms with Crippen LogP contribution >= 0.6 is 34.0 Å². The molecule has 0 atom stereocenters. The lowest BCUT2D eigenvalue weighted by Crippen LogP contribution is -2.37. The van der Waals surface area contributed by atoms with Crippen molar-refractivity contribution in [3.63, 3.8) is 0 Å². The van der Waals surface area contributed by atoms with Crippen molar-refractivity contribution in [2.45, 2.75) is 32.6 Å². The van der Waals surface area contributed by atoms with Crippen LogP contribution in [0.3, 0.4) is 0 Å². The van der Waals surface area contributed by atoms with Gasteiger partial charge in [0.1, 0.15) is 16.4 Å². The fourth-order valence-corrected chi connectivity index (χ4v) is 6.64. The number of anilines is 1. The molecule has 2 amide bonds. The molecule has 0 saturated carbocycles. The fraction of sp³-hybridized carbons (Fsp3) is 0.318. The highest BCUT2D eigenvalue weighted by Crippen LogP contribution is 2.32. The minimum absolute atomic E-state index is 0.0477. The zero-order chi connectivity index (χ0) is 23.1. The molecule has 1 N–H and O–H groups in total. The van der Waals surface area contributed by atoms with Crippen LogP contribution in [0.25, 0.3) is 10.2 Å². The van der Waals surface area contributed by atoms with Gasteiger partial charge in [-0.2, -0.15) is 0 Å². The Kier molecular flexibility index (Phi) is 5.94. The van der Waals surface area contributed by atoms with Crippen molar-refractivity contribution >= 4 is 61.2 Å². The third-order valence-corrected chi connectivity index (χ3v) is 8.56. The minimum atomic E-state index is -0.335. The highest BCUT2D eigenvalue weighted by atomic mass is 32.1. The first-order chi connectivity index (χ1) is 15.9. The predicted octanol–water partition coefficient (Wildman–Crippen LogP) is 5.24. The van der Waals surface area contributed by atoms with Crippen LogP contribution in [0.4, 0.5) is 9.52 Å². The Morgan fingerprint density at radius 3 is 2.64 bits per heavy atom. The molecule has 1 aliphatic rings. The molecular formula is C22H20FN5O2S3. The predicted molar refractivity (Wildman–Crippen MR) is 129 cm³/mol. The van der Waals surface area contributed by atoms with E-state index in [1.165, 1.54) is 46.1 Å². The third kappa shape index (κ3) is 4.53. The fourth-order valence-electron chi connectivity index (χ4n) is 3.90. The highest BCUT2D eigenvalue weighted by Gasteiger charge is 2.28. The highest BCUT2D eigenvalue weighted by molar-refractivity contribution is 7.22. The second-order valence-electron chi connectivity index (χ2n) is 7.87. The summed E-state index contributed by atoms with van der Waals surface area (Å²) in [6.45, 7) is 5.10. The van der Waals surface area contributed by atoms with Gasteiger partial charge in [-0.15, -0.1) is 22.7 Å². The van der Waals surface area contributed by atoms with E-state index in [9.17, 15) is 14.0 Å². The van der Waals surface area contributed by atoms with Crippen molar-refractivity contribution < 1.29 is 14.0 Å². The Morgan fingerprint density at radius 2 is 1.91 bits per heavy atom. The van der Waals surface area contributed by atoms with Crippen LogP contribution in [0.1, 0.15) is 54.6 Å². The van der Waals surface area contributed by atoms with Crippen LogP contribution in [0, 0.1) is 19.7 Å². The monoisotopic (exact) mass is 501 g/mol. The molecule has 0 bridgehead atoms. The van der Waals surface area contributed by atoms with E-state index >= 15 is 0 Å². The molecule has 0 unspecified atom stereocenters. The number of carbonyl (C=O) groups excluding carboxylic acids is 2. The first-order valence-corrected chi connectivity index (χ1v) is 12.9. The first-order valence-electron chi connectivity index (χ1n) is 10.4. The number of benzene rings is 1. The molecule has 1 aliphatic heterocycles. The average Bonchev–Trinajstić information content (AvgIpc) is 3.51. The number of likely N-dealkylation sites (tertiary alicyclic amines) is 1. The van der Waals surface area contributed by atoms with E-state index in [0.29, 0.717) is 34.1 Å². The summed E-state index contributed by atoms with van der Waals surface area (Å²) in [5, 5.41) is 6.73. The summed E-state index contributed by atoms with van der Waals surface area (Å²) in [5.41, 5.74) is 1.77. The summed E-state index contributed by atoms with van der Waals surface area (Å²) in [6.07, 6.45) is 1.61. The number of aryl methyl sites for hydroxylation is 2. The van der Waals surface area contributed by atoms with Gasteiger partial charge in [-0.1, -0.05) is 11.3 Å². The van der Waals surface area contributed by atoms with Gasteiger partial charge in [-0.25, -0.2) is 19.3 Å². The maximum absolute atomic E-state index is 13.4. The molecule has 1 saturated heterocycles. The number of rotatable bonds is 4. The second kappa shape index (κ2) is 8.88. The van der Waals surface area contributed by atoms with Gasteiger partial charge in [-0.3, -0.25) is 14.9 Å². The van der Waals surface area contributed by atoms with Crippen molar-refractivity contribution in [3.05, 3.63) is 55.7 Å².